The number of aryl methyl sites for hydroxylation is 3. The highest BCUT2D eigenvalue weighted by Gasteiger charge is 2.21. The first-order valence-corrected chi connectivity index (χ1v) is 11.4. The van der Waals surface area contributed by atoms with Crippen LogP contribution in [0, 0.1) is 20.8 Å². The number of hydrogen-bond acceptors (Lipinski definition) is 3. The number of amides is 3. The van der Waals surface area contributed by atoms with Gasteiger partial charge in [-0.15, -0.1) is 0 Å². The van der Waals surface area contributed by atoms with Crippen LogP contribution in [0.3, 0.4) is 0 Å². The molecular weight excluding hydrogens is 496 g/mol. The van der Waals surface area contributed by atoms with Gasteiger partial charge in [-0.25, -0.2) is 4.68 Å². The van der Waals surface area contributed by atoms with Crippen molar-refractivity contribution < 1.29 is 14.4 Å². The van der Waals surface area contributed by atoms with Crippen molar-refractivity contribution in [1.29, 1.82) is 0 Å². The van der Waals surface area contributed by atoms with E-state index < -0.39 is 17.7 Å². The summed E-state index contributed by atoms with van der Waals surface area (Å²) in [7, 11) is 0. The van der Waals surface area contributed by atoms with Crippen molar-refractivity contribution in [1.82, 2.24) is 4.68 Å². The number of aromatic nitrogens is 1. The van der Waals surface area contributed by atoms with Crippen molar-refractivity contribution in [3.8, 4) is 0 Å². The van der Waals surface area contributed by atoms with Gasteiger partial charge in [0.15, 0.2) is 0 Å². The number of fused-ring (bicyclic) bond motifs is 1. The van der Waals surface area contributed by atoms with E-state index in [4.69, 9.17) is 0 Å². The molecule has 4 rings (SSSR count). The molecule has 0 bridgehead atoms. The van der Waals surface area contributed by atoms with Crippen LogP contribution in [0.15, 0.2) is 71.2 Å². The van der Waals surface area contributed by atoms with E-state index in [9.17, 15) is 14.4 Å². The average Bonchev–Trinajstić information content (AvgIpc) is 3.15. The lowest BCUT2D eigenvalue weighted by molar-refractivity contribution is -0.133. The van der Waals surface area contributed by atoms with Crippen LogP contribution in [-0.2, 0) is 9.59 Å². The normalized spacial score (nSPS) is 10.7. The van der Waals surface area contributed by atoms with E-state index in [1.54, 1.807) is 36.4 Å². The van der Waals surface area contributed by atoms with E-state index >= 15 is 0 Å². The van der Waals surface area contributed by atoms with Crippen molar-refractivity contribution in [2.75, 3.05) is 16.1 Å². The van der Waals surface area contributed by atoms with Gasteiger partial charge in [-0.1, -0.05) is 45.8 Å². The minimum absolute atomic E-state index is 0.182. The lowest BCUT2D eigenvalue weighted by Gasteiger charge is -2.13. The van der Waals surface area contributed by atoms with Gasteiger partial charge in [0.2, 0.25) is 0 Å². The Bertz CT molecular complexity index is 1420. The van der Waals surface area contributed by atoms with Gasteiger partial charge >= 0.3 is 11.8 Å². The Morgan fingerprint density at radius 3 is 2.21 bits per heavy atom. The van der Waals surface area contributed by atoms with Gasteiger partial charge in [-0.05, 0) is 74.4 Å². The average molecular weight is 519 g/mol. The molecule has 3 amide bonds. The Kier molecular flexibility index (Phi) is 6.51. The Balaban J connectivity index is 1.63. The maximum atomic E-state index is 13.1. The molecule has 4 aromatic rings. The van der Waals surface area contributed by atoms with E-state index in [-0.39, 0.29) is 5.69 Å². The lowest BCUT2D eigenvalue weighted by atomic mass is 10.1. The summed E-state index contributed by atoms with van der Waals surface area (Å²) in [6, 6.07) is 20.0. The fourth-order valence-electron chi connectivity index (χ4n) is 3.51. The Labute approximate surface area is 205 Å². The number of nitrogens with zero attached hydrogens (tertiary/aromatic N) is 1. The van der Waals surface area contributed by atoms with Crippen LogP contribution in [0.1, 0.15) is 27.2 Å². The third-order valence-electron chi connectivity index (χ3n) is 5.37. The maximum absolute atomic E-state index is 13.1. The van der Waals surface area contributed by atoms with E-state index in [1.165, 1.54) is 4.68 Å². The summed E-state index contributed by atoms with van der Waals surface area (Å²) in [5.41, 5.74) is 7.36. The molecule has 0 saturated carbocycles. The van der Waals surface area contributed by atoms with Crippen LogP contribution in [0.25, 0.3) is 10.9 Å². The smallest absolute Gasteiger partial charge is 0.321 e. The molecule has 0 saturated heterocycles. The number of halogens is 1. The predicted octanol–water partition coefficient (Wildman–Crippen LogP) is 5.29. The molecule has 0 aliphatic rings. The number of anilines is 2. The van der Waals surface area contributed by atoms with Crippen molar-refractivity contribution in [3.05, 3.63) is 93.6 Å². The number of rotatable bonds is 4. The molecule has 0 radical (unpaired) electrons. The highest BCUT2D eigenvalue weighted by molar-refractivity contribution is 9.10. The first kappa shape index (κ1) is 23.3. The molecule has 7 nitrogen and oxygen atoms in total. The van der Waals surface area contributed by atoms with Gasteiger partial charge in [-0.3, -0.25) is 19.8 Å². The molecule has 8 heteroatoms. The quantitative estimate of drug-likeness (QED) is 0.320. The maximum Gasteiger partial charge on any atom is 0.328 e. The third-order valence-corrected chi connectivity index (χ3v) is 5.86. The Hall–Kier alpha value is -3.91. The van der Waals surface area contributed by atoms with E-state index in [0.717, 1.165) is 26.5 Å². The zero-order chi connectivity index (χ0) is 24.4. The van der Waals surface area contributed by atoms with E-state index in [2.05, 4.69) is 32.0 Å². The molecule has 0 unspecified atom stereocenters. The second-order valence-electron chi connectivity index (χ2n) is 8.10. The Morgan fingerprint density at radius 2 is 1.47 bits per heavy atom. The predicted molar refractivity (Wildman–Crippen MR) is 138 cm³/mol. The molecule has 34 heavy (non-hydrogen) atoms. The fourth-order valence-corrected chi connectivity index (χ4v) is 3.89. The van der Waals surface area contributed by atoms with Gasteiger partial charge in [0.1, 0.15) is 5.69 Å². The van der Waals surface area contributed by atoms with Crippen LogP contribution in [0.4, 0.5) is 11.4 Å². The van der Waals surface area contributed by atoms with Crippen LogP contribution in [-0.4, -0.2) is 22.4 Å². The molecule has 3 N–H and O–H groups in total. The van der Waals surface area contributed by atoms with Crippen LogP contribution in [0.5, 0.6) is 0 Å². The summed E-state index contributed by atoms with van der Waals surface area (Å²) < 4.78 is 2.15. The molecule has 1 aromatic heterocycles. The second-order valence-corrected chi connectivity index (χ2v) is 9.02. The summed E-state index contributed by atoms with van der Waals surface area (Å²) in [6.45, 7) is 5.70. The monoisotopic (exact) mass is 518 g/mol. The minimum Gasteiger partial charge on any atom is -0.321 e. The molecule has 0 atom stereocenters. The fraction of sp³-hybridized carbons (Fsp3) is 0.115. The topological polar surface area (TPSA) is 92.2 Å². The molecule has 0 spiro atoms. The largest absolute Gasteiger partial charge is 0.328 e. The number of nitrogens with one attached hydrogen (secondary N) is 3. The molecule has 0 aliphatic carbocycles. The standard InChI is InChI=1S/C26H23BrN4O3/c1-15-5-9-20(10-6-15)28-24(32)23-14-18-13-19(27)8-11-22(18)31(23)30-26(34)25(33)29-21-12-16(2)4-7-17(21)3/h4-14H,1-3H3,(H,28,32)(H,29,33)(H,30,34). The Morgan fingerprint density at radius 1 is 0.765 bits per heavy atom. The highest BCUT2D eigenvalue weighted by Crippen LogP contribution is 2.24. The number of benzene rings is 3. The minimum atomic E-state index is -0.897. The summed E-state index contributed by atoms with van der Waals surface area (Å²) in [5, 5.41) is 6.20. The summed E-state index contributed by atoms with van der Waals surface area (Å²) in [5.74, 6) is -2.16. The van der Waals surface area contributed by atoms with Gasteiger partial charge in [-0.2, -0.15) is 0 Å². The van der Waals surface area contributed by atoms with Gasteiger partial charge in [0.05, 0.1) is 5.52 Å². The summed E-state index contributed by atoms with van der Waals surface area (Å²) in [6.07, 6.45) is 0. The zero-order valence-electron chi connectivity index (χ0n) is 18.9. The van der Waals surface area contributed by atoms with Crippen LogP contribution in [0.2, 0.25) is 0 Å². The van der Waals surface area contributed by atoms with Gasteiger partial charge in [0, 0.05) is 21.2 Å². The molecular formula is C26H23BrN4O3. The second kappa shape index (κ2) is 9.52. The van der Waals surface area contributed by atoms with Crippen LogP contribution >= 0.6 is 15.9 Å². The summed E-state index contributed by atoms with van der Waals surface area (Å²) >= 11 is 3.43. The highest BCUT2D eigenvalue weighted by atomic mass is 79.9. The van der Waals surface area contributed by atoms with Crippen molar-refractivity contribution in [2.24, 2.45) is 0 Å². The molecule has 3 aromatic carbocycles. The number of carbonyl (C=O) groups excluding carboxylic acids is 3. The van der Waals surface area contributed by atoms with Crippen LogP contribution < -0.4 is 16.1 Å². The van der Waals surface area contributed by atoms with E-state index in [1.807, 2.05) is 51.1 Å². The van der Waals surface area contributed by atoms with Gasteiger partial charge < -0.3 is 10.6 Å². The zero-order valence-corrected chi connectivity index (χ0v) is 20.5. The van der Waals surface area contributed by atoms with Crippen molar-refractivity contribution >= 4 is 55.9 Å². The first-order chi connectivity index (χ1) is 16.2. The SMILES string of the molecule is Cc1ccc(NC(=O)c2cc3cc(Br)ccc3n2NC(=O)C(=O)Nc2cc(C)ccc2C)cc1. The van der Waals surface area contributed by atoms with Gasteiger partial charge in [0.25, 0.3) is 5.91 Å². The third kappa shape index (κ3) is 5.02. The molecule has 0 aliphatic heterocycles. The number of hydrogen-bond donors (Lipinski definition) is 3. The number of carbonyl (C=O) groups is 3. The molecule has 0 fully saturated rings. The van der Waals surface area contributed by atoms with E-state index in [0.29, 0.717) is 16.9 Å². The molecule has 172 valence electrons. The lowest BCUT2D eigenvalue weighted by Crippen LogP contribution is -2.36. The first-order valence-electron chi connectivity index (χ1n) is 10.6. The van der Waals surface area contributed by atoms with Crippen molar-refractivity contribution in [3.63, 3.8) is 0 Å². The summed E-state index contributed by atoms with van der Waals surface area (Å²) in [4.78, 5) is 38.6. The molecule has 1 heterocycles. The van der Waals surface area contributed by atoms with Crippen molar-refractivity contribution in [2.45, 2.75) is 20.8 Å².